The molecule has 0 saturated carbocycles. The quantitative estimate of drug-likeness (QED) is 0.689. The molecular formula is C19H22O7S. The Morgan fingerprint density at radius 2 is 1.63 bits per heavy atom. The molecule has 1 unspecified atom stereocenters. The van der Waals surface area contributed by atoms with Gasteiger partial charge >= 0.3 is 5.97 Å². The van der Waals surface area contributed by atoms with Crippen molar-refractivity contribution in [2.75, 3.05) is 19.5 Å². The number of esters is 1. The van der Waals surface area contributed by atoms with Crippen LogP contribution in [0.5, 0.6) is 11.5 Å². The Balaban J connectivity index is 2.20. The van der Waals surface area contributed by atoms with Crippen molar-refractivity contribution in [2.24, 2.45) is 0 Å². The maximum atomic E-state index is 12.5. The van der Waals surface area contributed by atoms with Crippen LogP contribution in [0.3, 0.4) is 0 Å². The van der Waals surface area contributed by atoms with Crippen molar-refractivity contribution in [3.05, 3.63) is 53.6 Å². The lowest BCUT2D eigenvalue weighted by Crippen LogP contribution is -2.49. The smallest absolute Gasteiger partial charge is 0.341 e. The lowest BCUT2D eigenvalue weighted by Gasteiger charge is -2.22. The Labute approximate surface area is 158 Å². The number of ether oxygens (including phenoxy) is 2. The van der Waals surface area contributed by atoms with Gasteiger partial charge in [-0.1, -0.05) is 6.07 Å². The highest BCUT2D eigenvalue weighted by Gasteiger charge is 2.42. The van der Waals surface area contributed by atoms with Crippen LogP contribution in [0.25, 0.3) is 0 Å². The Kier molecular flexibility index (Phi) is 6.25. The predicted molar refractivity (Wildman–Crippen MR) is 98.5 cm³/mol. The molecule has 0 bridgehead atoms. The fourth-order valence-corrected chi connectivity index (χ4v) is 3.94. The number of aliphatic hydroxyl groups excluding tert-OH is 1. The van der Waals surface area contributed by atoms with E-state index in [1.807, 2.05) is 32.0 Å². The van der Waals surface area contributed by atoms with E-state index < -0.39 is 33.8 Å². The monoisotopic (exact) mass is 394 g/mol. The van der Waals surface area contributed by atoms with Gasteiger partial charge in [0.15, 0.2) is 15.4 Å². The molecule has 146 valence electrons. The van der Waals surface area contributed by atoms with Gasteiger partial charge in [0.2, 0.25) is 0 Å². The lowest BCUT2D eigenvalue weighted by molar-refractivity contribution is -0.163. The third-order valence-corrected chi connectivity index (χ3v) is 6.00. The average molecular weight is 394 g/mol. The van der Waals surface area contributed by atoms with Crippen LogP contribution in [0.4, 0.5) is 0 Å². The molecule has 2 rings (SSSR count). The molecule has 2 N–H and O–H groups in total. The number of carbonyl (C=O) groups is 1. The molecule has 2 aromatic rings. The summed E-state index contributed by atoms with van der Waals surface area (Å²) in [6, 6.07) is 11.2. The predicted octanol–water partition coefficient (Wildman–Crippen LogP) is 1.77. The Morgan fingerprint density at radius 1 is 1.04 bits per heavy atom. The third kappa shape index (κ3) is 4.85. The second-order valence-electron chi connectivity index (χ2n) is 6.26. The zero-order valence-electron chi connectivity index (χ0n) is 15.3. The van der Waals surface area contributed by atoms with Gasteiger partial charge in [0.05, 0.1) is 24.4 Å². The van der Waals surface area contributed by atoms with Gasteiger partial charge in [-0.3, -0.25) is 0 Å². The van der Waals surface area contributed by atoms with Crippen LogP contribution in [0.15, 0.2) is 47.4 Å². The Hall–Kier alpha value is -2.42. The summed E-state index contributed by atoms with van der Waals surface area (Å²) in [6.45, 7) is 2.87. The van der Waals surface area contributed by atoms with Gasteiger partial charge in [-0.05, 0) is 61.4 Å². The van der Waals surface area contributed by atoms with Gasteiger partial charge in [0.25, 0.3) is 0 Å². The molecule has 0 amide bonds. The number of carbonyl (C=O) groups excluding carboxylic acids is 1. The standard InChI is InChI=1S/C19H22O7S/c1-13-4-5-16(10-14(13)2)26-15-6-8-17(9-7-15)27(23,24)12-19(22,11-20)18(21)25-3/h4-10,20,22H,11-12H2,1-3H3. The molecule has 1 atom stereocenters. The van der Waals surface area contributed by atoms with Gasteiger partial charge in [0, 0.05) is 0 Å². The van der Waals surface area contributed by atoms with Gasteiger partial charge in [-0.25, -0.2) is 13.2 Å². The highest BCUT2D eigenvalue weighted by atomic mass is 32.2. The summed E-state index contributed by atoms with van der Waals surface area (Å²) in [7, 11) is -3.06. The fourth-order valence-electron chi connectivity index (χ4n) is 2.39. The number of aliphatic hydroxyl groups is 2. The van der Waals surface area contributed by atoms with Crippen molar-refractivity contribution in [3.63, 3.8) is 0 Å². The molecule has 2 aromatic carbocycles. The van der Waals surface area contributed by atoms with Crippen molar-refractivity contribution in [1.29, 1.82) is 0 Å². The number of benzene rings is 2. The summed E-state index contributed by atoms with van der Waals surface area (Å²) in [5.74, 6) is -1.17. The van der Waals surface area contributed by atoms with Gasteiger partial charge < -0.3 is 19.7 Å². The third-order valence-electron chi connectivity index (χ3n) is 4.15. The normalized spacial score (nSPS) is 13.7. The minimum atomic E-state index is -4.05. The average Bonchev–Trinajstić information content (AvgIpc) is 2.64. The van der Waals surface area contributed by atoms with E-state index in [1.54, 1.807) is 0 Å². The maximum absolute atomic E-state index is 12.5. The topological polar surface area (TPSA) is 110 Å². The van der Waals surface area contributed by atoms with Gasteiger partial charge in [-0.15, -0.1) is 0 Å². The van der Waals surface area contributed by atoms with Crippen LogP contribution < -0.4 is 4.74 Å². The first-order valence-electron chi connectivity index (χ1n) is 8.11. The molecule has 0 spiro atoms. The van der Waals surface area contributed by atoms with E-state index in [4.69, 9.17) is 4.74 Å². The second kappa shape index (κ2) is 8.08. The number of aryl methyl sites for hydroxylation is 2. The van der Waals surface area contributed by atoms with Crippen molar-refractivity contribution in [1.82, 2.24) is 0 Å². The largest absolute Gasteiger partial charge is 0.467 e. The molecule has 0 aliphatic carbocycles. The van der Waals surface area contributed by atoms with Crippen LogP contribution in [0.1, 0.15) is 11.1 Å². The first-order valence-corrected chi connectivity index (χ1v) is 9.76. The van der Waals surface area contributed by atoms with Crippen LogP contribution in [-0.2, 0) is 19.4 Å². The zero-order valence-corrected chi connectivity index (χ0v) is 16.1. The summed E-state index contributed by atoms with van der Waals surface area (Å²) in [5.41, 5.74) is -0.328. The molecule has 7 nitrogen and oxygen atoms in total. The number of rotatable bonds is 7. The van der Waals surface area contributed by atoms with Crippen molar-refractivity contribution in [2.45, 2.75) is 24.3 Å². The first-order chi connectivity index (χ1) is 12.6. The van der Waals surface area contributed by atoms with E-state index in [2.05, 4.69) is 4.74 Å². The summed E-state index contributed by atoms with van der Waals surface area (Å²) >= 11 is 0. The highest BCUT2D eigenvalue weighted by Crippen LogP contribution is 2.26. The van der Waals surface area contributed by atoms with Crippen LogP contribution >= 0.6 is 0 Å². The summed E-state index contributed by atoms with van der Waals surface area (Å²) < 4.78 is 35.0. The fraction of sp³-hybridized carbons (Fsp3) is 0.316. The number of methoxy groups -OCH3 is 1. The van der Waals surface area contributed by atoms with E-state index in [-0.39, 0.29) is 4.90 Å². The van der Waals surface area contributed by atoms with Gasteiger partial charge in [0.1, 0.15) is 11.5 Å². The molecule has 0 aliphatic rings. The summed E-state index contributed by atoms with van der Waals surface area (Å²) in [6.07, 6.45) is 0. The molecule has 0 saturated heterocycles. The SMILES string of the molecule is COC(=O)C(O)(CO)CS(=O)(=O)c1ccc(Oc2ccc(C)c(C)c2)cc1. The maximum Gasteiger partial charge on any atom is 0.341 e. The molecule has 0 heterocycles. The second-order valence-corrected chi connectivity index (χ2v) is 8.25. The number of hydrogen-bond donors (Lipinski definition) is 2. The minimum Gasteiger partial charge on any atom is -0.467 e. The number of sulfone groups is 1. The highest BCUT2D eigenvalue weighted by molar-refractivity contribution is 7.91. The molecule has 0 aliphatic heterocycles. The molecule has 8 heteroatoms. The lowest BCUT2D eigenvalue weighted by atomic mass is 10.1. The van der Waals surface area contributed by atoms with E-state index in [0.29, 0.717) is 11.5 Å². The van der Waals surface area contributed by atoms with Crippen molar-refractivity contribution < 1.29 is 32.9 Å². The number of hydrogen-bond acceptors (Lipinski definition) is 7. The summed E-state index contributed by atoms with van der Waals surface area (Å²) in [4.78, 5) is 11.4. The molecule has 0 fully saturated rings. The van der Waals surface area contributed by atoms with Crippen molar-refractivity contribution >= 4 is 15.8 Å². The van der Waals surface area contributed by atoms with Crippen LogP contribution in [-0.4, -0.2) is 49.7 Å². The Morgan fingerprint density at radius 3 is 2.15 bits per heavy atom. The van der Waals surface area contributed by atoms with E-state index in [9.17, 15) is 23.4 Å². The molecular weight excluding hydrogens is 372 g/mol. The van der Waals surface area contributed by atoms with Crippen LogP contribution in [0.2, 0.25) is 0 Å². The van der Waals surface area contributed by atoms with Gasteiger partial charge in [-0.2, -0.15) is 0 Å². The molecule has 0 aromatic heterocycles. The van der Waals surface area contributed by atoms with Crippen LogP contribution in [0, 0.1) is 13.8 Å². The zero-order chi connectivity index (χ0) is 20.2. The minimum absolute atomic E-state index is 0.120. The van der Waals surface area contributed by atoms with E-state index >= 15 is 0 Å². The van der Waals surface area contributed by atoms with Crippen molar-refractivity contribution in [3.8, 4) is 11.5 Å². The Bertz CT molecular complexity index is 920. The van der Waals surface area contributed by atoms with E-state index in [0.717, 1.165) is 18.2 Å². The first kappa shape index (κ1) is 20.9. The molecule has 0 radical (unpaired) electrons. The summed E-state index contributed by atoms with van der Waals surface area (Å²) in [5, 5.41) is 19.3. The van der Waals surface area contributed by atoms with E-state index in [1.165, 1.54) is 24.3 Å². The molecule has 27 heavy (non-hydrogen) atoms.